The molecular weight excluding hydrogens is 296 g/mol. The first-order valence-electron chi connectivity index (χ1n) is 7.13. The summed E-state index contributed by atoms with van der Waals surface area (Å²) >= 11 is 1.55. The topological polar surface area (TPSA) is 74.0 Å². The number of nitrogen functional groups attached to an aromatic ring is 1. The van der Waals surface area contributed by atoms with Gasteiger partial charge >= 0.3 is 0 Å². The van der Waals surface area contributed by atoms with E-state index in [1.165, 1.54) is 0 Å². The monoisotopic (exact) mass is 316 g/mol. The van der Waals surface area contributed by atoms with E-state index in [4.69, 9.17) is 5.84 Å². The van der Waals surface area contributed by atoms with Gasteiger partial charge in [0.15, 0.2) is 5.82 Å². The quantitative estimate of drug-likeness (QED) is 0.594. The number of fused-ring (bicyclic) bond motifs is 1. The summed E-state index contributed by atoms with van der Waals surface area (Å²) in [7, 11) is 0. The van der Waals surface area contributed by atoms with E-state index in [1.807, 2.05) is 22.9 Å². The molecule has 3 aromatic rings. The summed E-state index contributed by atoms with van der Waals surface area (Å²) < 4.78 is 3.62. The van der Waals surface area contributed by atoms with Crippen LogP contribution in [0.2, 0.25) is 0 Å². The number of aryl methyl sites for hydroxylation is 1. The number of hydrogen-bond donors (Lipinski definition) is 1. The molecule has 116 valence electrons. The van der Waals surface area contributed by atoms with Gasteiger partial charge in [0.1, 0.15) is 5.65 Å². The first-order valence-corrected chi connectivity index (χ1v) is 8.12. The van der Waals surface area contributed by atoms with Crippen molar-refractivity contribution in [2.24, 2.45) is 0 Å². The second-order valence-electron chi connectivity index (χ2n) is 6.37. The lowest BCUT2D eigenvalue weighted by Gasteiger charge is -2.16. The van der Waals surface area contributed by atoms with Crippen molar-refractivity contribution in [3.05, 3.63) is 41.6 Å². The maximum atomic E-state index is 6.10. The summed E-state index contributed by atoms with van der Waals surface area (Å²) in [6.07, 6.45) is 4.05. The minimum Gasteiger partial charge on any atom is -0.336 e. The summed E-state index contributed by atoms with van der Waals surface area (Å²) in [6, 6.07) is 4.08. The molecule has 3 rings (SSSR count). The van der Waals surface area contributed by atoms with E-state index in [0.717, 1.165) is 22.7 Å². The van der Waals surface area contributed by atoms with E-state index in [9.17, 15) is 0 Å². The molecule has 3 aromatic heterocycles. The second-order valence-corrected chi connectivity index (χ2v) is 7.31. The van der Waals surface area contributed by atoms with Crippen LogP contribution in [0.5, 0.6) is 0 Å². The zero-order chi connectivity index (χ0) is 15.9. The molecule has 0 atom stereocenters. The largest absolute Gasteiger partial charge is 0.336 e. The zero-order valence-corrected chi connectivity index (χ0v) is 14.1. The van der Waals surface area contributed by atoms with Crippen LogP contribution in [0.15, 0.2) is 29.7 Å². The minimum absolute atomic E-state index is 0.124. The average molecular weight is 316 g/mol. The van der Waals surface area contributed by atoms with Crippen LogP contribution in [-0.2, 0) is 11.2 Å². The molecule has 0 spiro atoms. The molecule has 0 aliphatic carbocycles. The molecule has 0 saturated heterocycles. The molecule has 0 unspecified atom stereocenters. The van der Waals surface area contributed by atoms with E-state index < -0.39 is 0 Å². The predicted molar refractivity (Wildman–Crippen MR) is 88.4 cm³/mol. The molecule has 0 amide bonds. The van der Waals surface area contributed by atoms with Gasteiger partial charge in [-0.05, 0) is 18.6 Å². The third-order valence-corrected chi connectivity index (χ3v) is 4.39. The van der Waals surface area contributed by atoms with Gasteiger partial charge in [-0.1, -0.05) is 38.6 Å². The van der Waals surface area contributed by atoms with E-state index in [0.29, 0.717) is 10.9 Å². The molecular formula is C15H20N6S. The van der Waals surface area contributed by atoms with Crippen molar-refractivity contribution < 1.29 is 0 Å². The third-order valence-electron chi connectivity index (χ3n) is 3.41. The van der Waals surface area contributed by atoms with Gasteiger partial charge in [-0.25, -0.2) is 9.66 Å². The van der Waals surface area contributed by atoms with Crippen LogP contribution in [0.25, 0.3) is 5.65 Å². The van der Waals surface area contributed by atoms with Crippen LogP contribution < -0.4 is 5.84 Å². The van der Waals surface area contributed by atoms with Crippen LogP contribution in [0, 0.1) is 6.92 Å². The van der Waals surface area contributed by atoms with Gasteiger partial charge in [-0.3, -0.25) is 0 Å². The number of aromatic nitrogens is 5. The Labute approximate surface area is 133 Å². The molecule has 6 nitrogen and oxygen atoms in total. The molecule has 2 N–H and O–H groups in total. The van der Waals surface area contributed by atoms with E-state index in [1.54, 1.807) is 16.4 Å². The van der Waals surface area contributed by atoms with Crippen molar-refractivity contribution in [2.45, 2.75) is 44.0 Å². The molecule has 7 heteroatoms. The Bertz CT molecular complexity index is 811. The summed E-state index contributed by atoms with van der Waals surface area (Å²) in [5.41, 5.74) is 3.03. The van der Waals surface area contributed by atoms with Crippen molar-refractivity contribution >= 4 is 17.4 Å². The summed E-state index contributed by atoms with van der Waals surface area (Å²) in [4.78, 5) is 4.66. The number of imidazole rings is 1. The highest BCUT2D eigenvalue weighted by atomic mass is 32.2. The minimum atomic E-state index is -0.124. The SMILES string of the molecule is Cc1cccn2cc(CSc3nnc(C(C)(C)C)n3N)nc12. The average Bonchev–Trinajstić information content (AvgIpc) is 3.00. The van der Waals surface area contributed by atoms with Gasteiger partial charge in [0.2, 0.25) is 5.16 Å². The lowest BCUT2D eigenvalue weighted by molar-refractivity contribution is 0.523. The van der Waals surface area contributed by atoms with Crippen molar-refractivity contribution in [2.75, 3.05) is 5.84 Å². The Balaban J connectivity index is 1.80. The second kappa shape index (κ2) is 5.31. The van der Waals surface area contributed by atoms with E-state index in [2.05, 4.69) is 48.9 Å². The van der Waals surface area contributed by atoms with E-state index >= 15 is 0 Å². The molecule has 22 heavy (non-hydrogen) atoms. The highest BCUT2D eigenvalue weighted by Crippen LogP contribution is 2.25. The summed E-state index contributed by atoms with van der Waals surface area (Å²) in [5.74, 6) is 7.59. The highest BCUT2D eigenvalue weighted by molar-refractivity contribution is 7.98. The Morgan fingerprint density at radius 2 is 2.05 bits per heavy atom. The van der Waals surface area contributed by atoms with Crippen LogP contribution in [0.3, 0.4) is 0 Å². The fourth-order valence-corrected chi connectivity index (χ4v) is 3.04. The molecule has 0 aromatic carbocycles. The maximum absolute atomic E-state index is 6.10. The first kappa shape index (κ1) is 14.9. The molecule has 0 radical (unpaired) electrons. The van der Waals surface area contributed by atoms with Crippen LogP contribution >= 0.6 is 11.8 Å². The molecule has 0 bridgehead atoms. The summed E-state index contributed by atoms with van der Waals surface area (Å²) in [6.45, 7) is 8.27. The predicted octanol–water partition coefficient (Wildman–Crippen LogP) is 2.54. The van der Waals surface area contributed by atoms with Crippen LogP contribution in [-0.4, -0.2) is 24.3 Å². The maximum Gasteiger partial charge on any atom is 0.210 e. The number of nitrogens with two attached hydrogens (primary N) is 1. The number of thioether (sulfide) groups is 1. The Morgan fingerprint density at radius 3 is 2.68 bits per heavy atom. The van der Waals surface area contributed by atoms with Crippen LogP contribution in [0.1, 0.15) is 37.9 Å². The molecule has 0 saturated carbocycles. The van der Waals surface area contributed by atoms with Gasteiger partial charge in [-0.15, -0.1) is 10.2 Å². The number of hydrogen-bond acceptors (Lipinski definition) is 5. The van der Waals surface area contributed by atoms with Crippen molar-refractivity contribution in [3.8, 4) is 0 Å². The van der Waals surface area contributed by atoms with Crippen molar-refractivity contribution in [1.29, 1.82) is 0 Å². The standard InChI is InChI=1S/C15H20N6S/c1-10-6-5-7-20-8-11(17-12(10)20)9-22-14-19-18-13(21(14)16)15(2,3)4/h5-8H,9,16H2,1-4H3. The van der Waals surface area contributed by atoms with Gasteiger partial charge in [0.05, 0.1) is 5.69 Å². The van der Waals surface area contributed by atoms with Gasteiger partial charge in [0, 0.05) is 23.6 Å². The zero-order valence-electron chi connectivity index (χ0n) is 13.2. The third kappa shape index (κ3) is 2.68. The summed E-state index contributed by atoms with van der Waals surface area (Å²) in [5, 5.41) is 9.09. The molecule has 0 fully saturated rings. The molecule has 0 aliphatic heterocycles. The molecule has 0 aliphatic rings. The van der Waals surface area contributed by atoms with Gasteiger partial charge < -0.3 is 10.2 Å². The number of nitrogens with zero attached hydrogens (tertiary/aromatic N) is 5. The fourth-order valence-electron chi connectivity index (χ4n) is 2.30. The molecule has 3 heterocycles. The van der Waals surface area contributed by atoms with Crippen molar-refractivity contribution in [3.63, 3.8) is 0 Å². The normalized spacial score (nSPS) is 12.2. The number of rotatable bonds is 3. The Morgan fingerprint density at radius 1 is 1.27 bits per heavy atom. The lowest BCUT2D eigenvalue weighted by Crippen LogP contribution is -2.24. The Hall–Kier alpha value is -2.02. The van der Waals surface area contributed by atoms with Gasteiger partial charge in [0.25, 0.3) is 0 Å². The Kier molecular flexibility index (Phi) is 3.60. The smallest absolute Gasteiger partial charge is 0.210 e. The fraction of sp³-hybridized carbons (Fsp3) is 0.400. The van der Waals surface area contributed by atoms with E-state index in [-0.39, 0.29) is 5.41 Å². The van der Waals surface area contributed by atoms with Crippen LogP contribution in [0.4, 0.5) is 0 Å². The number of pyridine rings is 1. The van der Waals surface area contributed by atoms with Crippen molar-refractivity contribution in [1.82, 2.24) is 24.3 Å². The first-order chi connectivity index (χ1) is 10.4. The van der Waals surface area contributed by atoms with Gasteiger partial charge in [-0.2, -0.15) is 0 Å². The highest BCUT2D eigenvalue weighted by Gasteiger charge is 2.23. The lowest BCUT2D eigenvalue weighted by atomic mass is 9.96.